The van der Waals surface area contributed by atoms with Crippen molar-refractivity contribution in [3.63, 3.8) is 0 Å². The van der Waals surface area contributed by atoms with Gasteiger partial charge in [0.15, 0.2) is 0 Å². The third-order valence-corrected chi connectivity index (χ3v) is 8.70. The van der Waals surface area contributed by atoms with Gasteiger partial charge in [0, 0.05) is 0 Å². The van der Waals surface area contributed by atoms with Crippen molar-refractivity contribution < 1.29 is 33.9 Å². The molecule has 0 bridgehead atoms. The van der Waals surface area contributed by atoms with E-state index >= 15 is 0 Å². The first-order valence-electron chi connectivity index (χ1n) is 13.5. The fourth-order valence-electron chi connectivity index (χ4n) is 4.62. The number of aliphatic hydroxyl groups is 1. The molecule has 43 heavy (non-hydrogen) atoms. The molecule has 0 saturated heterocycles. The van der Waals surface area contributed by atoms with Gasteiger partial charge in [-0.3, -0.25) is 9.59 Å². The average Bonchev–Trinajstić information content (AvgIpc) is 3.57. The van der Waals surface area contributed by atoms with E-state index in [0.29, 0.717) is 11.1 Å². The van der Waals surface area contributed by atoms with Gasteiger partial charge in [0.1, 0.15) is 24.6 Å². The first kappa shape index (κ1) is 31.6. The Hall–Kier alpha value is -4.37. The Balaban J connectivity index is 1.66. The molecule has 0 spiro atoms. The molecule has 4 rings (SSSR count). The molecule has 0 saturated carbocycles. The summed E-state index contributed by atoms with van der Waals surface area (Å²) in [4.78, 5) is 38.1. The number of rotatable bonds is 13. The van der Waals surface area contributed by atoms with Gasteiger partial charge in [-0.2, -0.15) is 11.3 Å². The second-order valence-corrected chi connectivity index (χ2v) is 11.8. The van der Waals surface area contributed by atoms with E-state index in [9.17, 15) is 29.2 Å². The molecule has 1 heterocycles. The van der Waals surface area contributed by atoms with Crippen molar-refractivity contribution in [2.45, 2.75) is 37.4 Å². The van der Waals surface area contributed by atoms with E-state index in [2.05, 4.69) is 10.6 Å². The summed E-state index contributed by atoms with van der Waals surface area (Å²) < 4.78 is 18.3. The highest BCUT2D eigenvalue weighted by atomic mass is 32.1. The van der Waals surface area contributed by atoms with Gasteiger partial charge in [0.2, 0.25) is 5.91 Å². The van der Waals surface area contributed by atoms with E-state index in [0.717, 1.165) is 16.7 Å². The summed E-state index contributed by atoms with van der Waals surface area (Å²) in [6.45, 7) is 1.25. The summed E-state index contributed by atoms with van der Waals surface area (Å²) in [5.74, 6) is -3.52. The van der Waals surface area contributed by atoms with Crippen molar-refractivity contribution in [3.05, 3.63) is 118 Å². The summed E-state index contributed by atoms with van der Waals surface area (Å²) >= 11 is 1.29. The predicted molar refractivity (Wildman–Crippen MR) is 165 cm³/mol. The van der Waals surface area contributed by atoms with Crippen LogP contribution in [0.3, 0.4) is 0 Å². The molecule has 5 unspecified atom stereocenters. The second-order valence-electron chi connectivity index (χ2n) is 10.0. The third-order valence-electron chi connectivity index (χ3n) is 7.03. The molecule has 3 aromatic carbocycles. The summed E-state index contributed by atoms with van der Waals surface area (Å²) in [5.41, 5.74) is 3.72. The number of benzene rings is 3. The van der Waals surface area contributed by atoms with Crippen molar-refractivity contribution in [1.29, 1.82) is 0 Å². The molecule has 0 aliphatic carbocycles. The number of nitrogens with one attached hydrogen (secondary N) is 2. The highest BCUT2D eigenvalue weighted by Gasteiger charge is 2.57. The highest BCUT2D eigenvalue weighted by Crippen LogP contribution is 2.43. The molecular weight excluding hydrogens is 587 g/mol. The van der Waals surface area contributed by atoms with Gasteiger partial charge in [-0.1, -0.05) is 89.5 Å². The highest BCUT2D eigenvalue weighted by molar-refractivity contribution is 7.25. The van der Waals surface area contributed by atoms with Gasteiger partial charge >= 0.3 is 20.5 Å². The number of carboxylic acid groups (broad SMARTS) is 1. The number of amides is 2. The second kappa shape index (κ2) is 14.7. The monoisotopic (exact) mass is 619 g/mol. The fraction of sp³-hybridized carbons (Fsp3) is 0.219. The number of hydrogen-bond donors (Lipinski definition) is 4. The number of carbonyl (C=O) groups is 3. The quantitative estimate of drug-likeness (QED) is 0.144. The molecule has 2 amide bonds. The number of carbonyl (C=O) groups excluding carboxylic acids is 2. The summed E-state index contributed by atoms with van der Waals surface area (Å²) in [6.07, 6.45) is -0.984. The molecule has 0 aliphatic rings. The molecule has 0 aliphatic heterocycles. The average molecular weight is 620 g/mol. The van der Waals surface area contributed by atoms with Gasteiger partial charge in [0.05, 0.1) is 0 Å². The van der Waals surface area contributed by atoms with Crippen molar-refractivity contribution in [2.24, 2.45) is 5.92 Å². The number of alkyl carbamates (subject to hydrolysis) is 1. The number of aliphatic carboxylic acids is 1. The Bertz CT molecular complexity index is 1520. The van der Waals surface area contributed by atoms with Gasteiger partial charge in [-0.05, 0) is 58.0 Å². The maximum atomic E-state index is 13.6. The van der Waals surface area contributed by atoms with Crippen LogP contribution >= 0.6 is 19.8 Å². The van der Waals surface area contributed by atoms with Gasteiger partial charge < -0.3 is 25.6 Å². The van der Waals surface area contributed by atoms with Crippen LogP contribution in [0.2, 0.25) is 0 Å². The largest absolute Gasteiger partial charge is 0.480 e. The van der Waals surface area contributed by atoms with Gasteiger partial charge in [-0.25, -0.2) is 4.79 Å². The minimum Gasteiger partial charge on any atom is -0.480 e. The molecular formula is C32H32N2O7PS+. The minimum absolute atomic E-state index is 0.0467. The zero-order chi connectivity index (χ0) is 30.8. The van der Waals surface area contributed by atoms with E-state index in [4.69, 9.17) is 4.74 Å². The van der Waals surface area contributed by atoms with E-state index in [1.165, 1.54) is 18.3 Å². The SMILES string of the molecule is CC(NC(=O)C(Cc1ccc(-c2ccccc2)cc1)C(O)([PH+]=O)C(NC(=O)OCc1ccccc1)c1ccsc1)C(=O)O. The van der Waals surface area contributed by atoms with Crippen LogP contribution in [0.1, 0.15) is 29.7 Å². The van der Waals surface area contributed by atoms with Crippen LogP contribution in [0.15, 0.2) is 102 Å². The number of ether oxygens (including phenoxy) is 1. The van der Waals surface area contributed by atoms with Crippen molar-refractivity contribution >= 4 is 37.8 Å². The van der Waals surface area contributed by atoms with Crippen LogP contribution in [0.5, 0.6) is 0 Å². The lowest BCUT2D eigenvalue weighted by molar-refractivity contribution is -0.143. The number of hydrogen-bond acceptors (Lipinski definition) is 7. The fourth-order valence-corrected chi connectivity index (χ4v) is 6.04. The maximum Gasteiger partial charge on any atom is 0.408 e. The molecule has 4 N–H and O–H groups in total. The zero-order valence-electron chi connectivity index (χ0n) is 23.3. The zero-order valence-corrected chi connectivity index (χ0v) is 25.1. The van der Waals surface area contributed by atoms with Crippen LogP contribution < -0.4 is 10.6 Å². The van der Waals surface area contributed by atoms with E-state index < -0.39 is 49.8 Å². The molecule has 11 heteroatoms. The van der Waals surface area contributed by atoms with E-state index in [1.807, 2.05) is 48.5 Å². The Labute approximate surface area is 254 Å². The number of carboxylic acids is 1. The lowest BCUT2D eigenvalue weighted by atomic mass is 9.85. The van der Waals surface area contributed by atoms with E-state index in [-0.39, 0.29) is 13.0 Å². The van der Waals surface area contributed by atoms with Crippen LogP contribution in [0.4, 0.5) is 4.79 Å². The minimum atomic E-state index is -2.34. The lowest BCUT2D eigenvalue weighted by Gasteiger charge is -2.32. The lowest BCUT2D eigenvalue weighted by Crippen LogP contribution is -2.54. The van der Waals surface area contributed by atoms with Crippen molar-refractivity contribution in [3.8, 4) is 11.1 Å². The molecule has 1 aromatic heterocycles. The van der Waals surface area contributed by atoms with Crippen molar-refractivity contribution in [2.75, 3.05) is 0 Å². The third kappa shape index (κ3) is 8.14. The van der Waals surface area contributed by atoms with Crippen LogP contribution in [-0.2, 0) is 31.9 Å². The molecule has 222 valence electrons. The summed E-state index contributed by atoms with van der Waals surface area (Å²) in [6, 6.07) is 25.0. The Morgan fingerprint density at radius 2 is 1.51 bits per heavy atom. The molecule has 5 atom stereocenters. The smallest absolute Gasteiger partial charge is 0.408 e. The molecule has 4 aromatic rings. The van der Waals surface area contributed by atoms with Crippen LogP contribution in [0.25, 0.3) is 11.1 Å². The summed E-state index contributed by atoms with van der Waals surface area (Å²) in [5, 5.41) is 27.6. The standard InChI is InChI=1S/C32H31N2O7PS/c1-21(30(36)37)33-29(35)27(18-22-12-14-25(15-13-22)24-10-6-3-7-11-24)32(39,42-40)28(26-16-17-43-20-26)34-31(38)41-19-23-8-4-2-5-9-23/h2-17,20-21,27-28,39H,18-19H2,1H3,(H,33,35)(H,34,38)(H,36,37)/p+1. The Morgan fingerprint density at radius 3 is 2.09 bits per heavy atom. The number of thiophene rings is 1. The van der Waals surface area contributed by atoms with Gasteiger partial charge in [-0.15, -0.1) is 0 Å². The van der Waals surface area contributed by atoms with Crippen LogP contribution in [-0.4, -0.2) is 39.6 Å². The molecule has 0 fully saturated rings. The Kier molecular flexibility index (Phi) is 10.8. The van der Waals surface area contributed by atoms with E-state index in [1.54, 1.807) is 53.2 Å². The van der Waals surface area contributed by atoms with Crippen LogP contribution in [0, 0.1) is 5.92 Å². The Morgan fingerprint density at radius 1 is 0.884 bits per heavy atom. The predicted octanol–water partition coefficient (Wildman–Crippen LogP) is 5.54. The maximum absolute atomic E-state index is 13.6. The first-order valence-corrected chi connectivity index (χ1v) is 15.3. The van der Waals surface area contributed by atoms with Gasteiger partial charge in [0.25, 0.3) is 5.34 Å². The van der Waals surface area contributed by atoms with Crippen molar-refractivity contribution in [1.82, 2.24) is 10.6 Å². The normalized spacial score (nSPS) is 14.6. The first-order chi connectivity index (χ1) is 20.7. The topological polar surface area (TPSA) is 142 Å². The summed E-state index contributed by atoms with van der Waals surface area (Å²) in [7, 11) is -1.48. The molecule has 0 radical (unpaired) electrons. The molecule has 9 nitrogen and oxygen atoms in total.